The minimum Gasteiger partial charge on any atom is -0.490 e. The first kappa shape index (κ1) is 14.0. The van der Waals surface area contributed by atoms with E-state index in [1.54, 1.807) is 36.4 Å². The Labute approximate surface area is 121 Å². The van der Waals surface area contributed by atoms with Crippen molar-refractivity contribution in [3.8, 4) is 5.75 Å². The predicted octanol–water partition coefficient (Wildman–Crippen LogP) is 4.62. The summed E-state index contributed by atoms with van der Waals surface area (Å²) in [4.78, 5) is 0. The maximum absolute atomic E-state index is 13.3. The monoisotopic (exact) mass is 299 g/mol. The van der Waals surface area contributed by atoms with Crippen molar-refractivity contribution in [2.75, 3.05) is 18.5 Å². The Morgan fingerprint density at radius 3 is 2.63 bits per heavy atom. The third-order valence-corrected chi connectivity index (χ3v) is 2.97. The average molecular weight is 300 g/mol. The first-order chi connectivity index (χ1) is 9.16. The molecular weight excluding hydrogens is 288 g/mol. The van der Waals surface area contributed by atoms with Crippen molar-refractivity contribution in [2.24, 2.45) is 0 Å². The molecule has 1 N–H and O–H groups in total. The van der Waals surface area contributed by atoms with Crippen LogP contribution in [-0.4, -0.2) is 13.2 Å². The van der Waals surface area contributed by atoms with E-state index in [-0.39, 0.29) is 5.82 Å². The summed E-state index contributed by atoms with van der Waals surface area (Å²) in [5.41, 5.74) is 0.452. The highest BCUT2D eigenvalue weighted by Gasteiger charge is 2.03. The molecule has 0 aliphatic heterocycles. The van der Waals surface area contributed by atoms with Gasteiger partial charge in [0.25, 0.3) is 0 Å². The molecule has 2 aromatic rings. The van der Waals surface area contributed by atoms with E-state index in [9.17, 15) is 4.39 Å². The third-order valence-electron chi connectivity index (χ3n) is 2.44. The SMILES string of the molecule is Fc1ccccc1NCCOc1ccc(Cl)cc1Cl. The van der Waals surface area contributed by atoms with E-state index >= 15 is 0 Å². The van der Waals surface area contributed by atoms with Crippen LogP contribution in [0.25, 0.3) is 0 Å². The Kier molecular flexibility index (Phi) is 4.88. The number of halogens is 3. The highest BCUT2D eigenvalue weighted by molar-refractivity contribution is 6.35. The molecule has 19 heavy (non-hydrogen) atoms. The molecule has 0 atom stereocenters. The Bertz CT molecular complexity index is 563. The lowest BCUT2D eigenvalue weighted by Gasteiger charge is -2.10. The molecule has 0 saturated carbocycles. The van der Waals surface area contributed by atoms with Gasteiger partial charge in [0.1, 0.15) is 18.2 Å². The van der Waals surface area contributed by atoms with Crippen molar-refractivity contribution in [3.63, 3.8) is 0 Å². The Morgan fingerprint density at radius 2 is 1.89 bits per heavy atom. The molecule has 2 rings (SSSR count). The molecule has 0 heterocycles. The van der Waals surface area contributed by atoms with Gasteiger partial charge in [-0.15, -0.1) is 0 Å². The normalized spacial score (nSPS) is 10.3. The van der Waals surface area contributed by atoms with Crippen molar-refractivity contribution in [3.05, 3.63) is 58.3 Å². The van der Waals surface area contributed by atoms with Crippen molar-refractivity contribution in [1.29, 1.82) is 0 Å². The molecule has 2 aromatic carbocycles. The molecule has 0 unspecified atom stereocenters. The molecule has 100 valence electrons. The minimum absolute atomic E-state index is 0.285. The maximum Gasteiger partial charge on any atom is 0.146 e. The minimum atomic E-state index is -0.285. The number of hydrogen-bond donors (Lipinski definition) is 1. The van der Waals surface area contributed by atoms with Gasteiger partial charge in [0.05, 0.1) is 10.7 Å². The highest BCUT2D eigenvalue weighted by Crippen LogP contribution is 2.27. The summed E-state index contributed by atoms with van der Waals surface area (Å²) < 4.78 is 18.8. The fourth-order valence-corrected chi connectivity index (χ4v) is 2.01. The summed E-state index contributed by atoms with van der Waals surface area (Å²) in [6, 6.07) is 11.5. The smallest absolute Gasteiger partial charge is 0.146 e. The van der Waals surface area contributed by atoms with E-state index in [2.05, 4.69) is 5.32 Å². The topological polar surface area (TPSA) is 21.3 Å². The fraction of sp³-hybridized carbons (Fsp3) is 0.143. The van der Waals surface area contributed by atoms with Crippen LogP contribution in [0.3, 0.4) is 0 Å². The van der Waals surface area contributed by atoms with Crippen LogP contribution in [0.1, 0.15) is 0 Å². The summed E-state index contributed by atoms with van der Waals surface area (Å²) in [7, 11) is 0. The number of hydrogen-bond acceptors (Lipinski definition) is 2. The van der Waals surface area contributed by atoms with E-state index < -0.39 is 0 Å². The summed E-state index contributed by atoms with van der Waals surface area (Å²) in [5.74, 6) is 0.272. The third kappa shape index (κ3) is 4.01. The lowest BCUT2D eigenvalue weighted by Crippen LogP contribution is -2.12. The van der Waals surface area contributed by atoms with Gasteiger partial charge in [-0.1, -0.05) is 35.3 Å². The molecule has 0 aliphatic carbocycles. The molecule has 0 spiro atoms. The van der Waals surface area contributed by atoms with Gasteiger partial charge in [-0.05, 0) is 30.3 Å². The molecule has 0 amide bonds. The molecular formula is C14H12Cl2FNO. The van der Waals surface area contributed by atoms with Crippen LogP contribution in [0.15, 0.2) is 42.5 Å². The summed E-state index contributed by atoms with van der Waals surface area (Å²) in [6.07, 6.45) is 0. The molecule has 0 fully saturated rings. The Hall–Kier alpha value is -1.45. The maximum atomic E-state index is 13.3. The van der Waals surface area contributed by atoms with Gasteiger partial charge < -0.3 is 10.1 Å². The fourth-order valence-electron chi connectivity index (χ4n) is 1.54. The second kappa shape index (κ2) is 6.64. The van der Waals surface area contributed by atoms with E-state index in [0.717, 1.165) is 0 Å². The van der Waals surface area contributed by atoms with E-state index in [1.807, 2.05) is 0 Å². The zero-order valence-corrected chi connectivity index (χ0v) is 11.5. The number of anilines is 1. The summed E-state index contributed by atoms with van der Waals surface area (Å²) in [6.45, 7) is 0.843. The first-order valence-corrected chi connectivity index (χ1v) is 6.48. The summed E-state index contributed by atoms with van der Waals surface area (Å²) in [5, 5.41) is 3.96. The van der Waals surface area contributed by atoms with Crippen LogP contribution in [0.4, 0.5) is 10.1 Å². The Balaban J connectivity index is 1.83. The zero-order valence-electron chi connectivity index (χ0n) is 10.00. The second-order valence-corrected chi connectivity index (χ2v) is 4.67. The van der Waals surface area contributed by atoms with E-state index in [1.165, 1.54) is 6.07 Å². The van der Waals surface area contributed by atoms with E-state index in [0.29, 0.717) is 34.6 Å². The lowest BCUT2D eigenvalue weighted by atomic mass is 10.3. The molecule has 0 radical (unpaired) electrons. The largest absolute Gasteiger partial charge is 0.490 e. The standard InChI is InChI=1S/C14H12Cl2FNO/c15-10-5-6-14(11(16)9-10)19-8-7-18-13-4-2-1-3-12(13)17/h1-6,9,18H,7-8H2. The van der Waals surface area contributed by atoms with Crippen molar-refractivity contribution >= 4 is 28.9 Å². The average Bonchev–Trinajstić information content (AvgIpc) is 2.38. The zero-order chi connectivity index (χ0) is 13.7. The van der Waals surface area contributed by atoms with Gasteiger partial charge in [-0.2, -0.15) is 0 Å². The predicted molar refractivity (Wildman–Crippen MR) is 76.8 cm³/mol. The number of benzene rings is 2. The quantitative estimate of drug-likeness (QED) is 0.813. The summed E-state index contributed by atoms with van der Waals surface area (Å²) >= 11 is 11.7. The van der Waals surface area contributed by atoms with Gasteiger partial charge in [-0.3, -0.25) is 0 Å². The lowest BCUT2D eigenvalue weighted by molar-refractivity contribution is 0.333. The Morgan fingerprint density at radius 1 is 1.11 bits per heavy atom. The first-order valence-electron chi connectivity index (χ1n) is 5.73. The van der Waals surface area contributed by atoms with Crippen LogP contribution in [0, 0.1) is 5.82 Å². The molecule has 0 aliphatic rings. The number of ether oxygens (including phenoxy) is 1. The second-order valence-electron chi connectivity index (χ2n) is 3.83. The van der Waals surface area contributed by atoms with Crippen LogP contribution in [-0.2, 0) is 0 Å². The van der Waals surface area contributed by atoms with Gasteiger partial charge >= 0.3 is 0 Å². The molecule has 0 bridgehead atoms. The molecule has 0 saturated heterocycles. The van der Waals surface area contributed by atoms with Gasteiger partial charge in [0.2, 0.25) is 0 Å². The van der Waals surface area contributed by atoms with Crippen molar-refractivity contribution < 1.29 is 9.13 Å². The van der Waals surface area contributed by atoms with Crippen LogP contribution in [0.5, 0.6) is 5.75 Å². The van der Waals surface area contributed by atoms with Crippen molar-refractivity contribution in [1.82, 2.24) is 0 Å². The van der Waals surface area contributed by atoms with Gasteiger partial charge in [0, 0.05) is 11.6 Å². The highest BCUT2D eigenvalue weighted by atomic mass is 35.5. The molecule has 5 heteroatoms. The van der Waals surface area contributed by atoms with E-state index in [4.69, 9.17) is 27.9 Å². The molecule has 0 aromatic heterocycles. The number of rotatable bonds is 5. The number of nitrogens with one attached hydrogen (secondary N) is 1. The van der Waals surface area contributed by atoms with Crippen LogP contribution >= 0.6 is 23.2 Å². The van der Waals surface area contributed by atoms with Crippen molar-refractivity contribution in [2.45, 2.75) is 0 Å². The van der Waals surface area contributed by atoms with Gasteiger partial charge in [-0.25, -0.2) is 4.39 Å². The number of para-hydroxylation sites is 1. The van der Waals surface area contributed by atoms with Crippen LogP contribution < -0.4 is 10.1 Å². The van der Waals surface area contributed by atoms with Gasteiger partial charge in [0.15, 0.2) is 0 Å². The van der Waals surface area contributed by atoms with Crippen LogP contribution in [0.2, 0.25) is 10.0 Å². The molecule has 2 nitrogen and oxygen atoms in total.